The minimum absolute atomic E-state index is 0.117. The molecule has 33 heavy (non-hydrogen) atoms. The first-order valence-corrected chi connectivity index (χ1v) is 10.8. The lowest BCUT2D eigenvalue weighted by Crippen LogP contribution is -2.25. The van der Waals surface area contributed by atoms with Crippen LogP contribution in [0, 0.1) is 0 Å². The van der Waals surface area contributed by atoms with Crippen LogP contribution in [0.25, 0.3) is 11.1 Å². The number of amides is 1. The maximum absolute atomic E-state index is 12.4. The highest BCUT2D eigenvalue weighted by Gasteiger charge is 2.08. The van der Waals surface area contributed by atoms with Gasteiger partial charge in [0.2, 0.25) is 0 Å². The average molecular weight is 460 g/mol. The number of carbonyl (C=O) groups excluding carboxylic acids is 1. The van der Waals surface area contributed by atoms with E-state index in [9.17, 15) is 4.79 Å². The van der Waals surface area contributed by atoms with Crippen LogP contribution in [-0.2, 0) is 6.42 Å². The van der Waals surface area contributed by atoms with Gasteiger partial charge >= 0.3 is 6.01 Å². The Balaban J connectivity index is 1.33. The lowest BCUT2D eigenvalue weighted by Gasteiger charge is -2.08. The Morgan fingerprint density at radius 1 is 0.909 bits per heavy atom. The molecule has 0 atom stereocenters. The number of hydrogen-bond donors (Lipinski definition) is 1. The number of hydrogen-bond acceptors (Lipinski definition) is 5. The maximum Gasteiger partial charge on any atom is 0.321 e. The van der Waals surface area contributed by atoms with Crippen LogP contribution in [0.5, 0.6) is 17.5 Å². The molecule has 0 bridgehead atoms. The molecule has 1 N–H and O–H groups in total. The van der Waals surface area contributed by atoms with Gasteiger partial charge in [-0.1, -0.05) is 41.9 Å². The highest BCUT2D eigenvalue weighted by atomic mass is 35.5. The van der Waals surface area contributed by atoms with Gasteiger partial charge in [0.15, 0.2) is 0 Å². The Bertz CT molecular complexity index is 1210. The topological polar surface area (TPSA) is 73.3 Å². The van der Waals surface area contributed by atoms with Crippen molar-refractivity contribution >= 4 is 17.5 Å². The SMILES string of the molecule is COc1cccc(Oc2ncc(-c3ccc(C(=O)NCCc4ccc(Cl)cc4)cc3)cn2)c1. The lowest BCUT2D eigenvalue weighted by atomic mass is 10.1. The van der Waals surface area contributed by atoms with Crippen molar-refractivity contribution in [2.75, 3.05) is 13.7 Å². The molecular weight excluding hydrogens is 438 g/mol. The summed E-state index contributed by atoms with van der Waals surface area (Å²) in [5.74, 6) is 1.17. The van der Waals surface area contributed by atoms with Gasteiger partial charge in [-0.2, -0.15) is 0 Å². The average Bonchev–Trinajstić information content (AvgIpc) is 2.86. The van der Waals surface area contributed by atoms with Crippen LogP contribution in [0.1, 0.15) is 15.9 Å². The number of nitrogens with one attached hydrogen (secondary N) is 1. The van der Waals surface area contributed by atoms with E-state index in [1.807, 2.05) is 48.5 Å². The number of benzene rings is 3. The second-order valence-electron chi connectivity index (χ2n) is 7.25. The summed E-state index contributed by atoms with van der Waals surface area (Å²) in [6.07, 6.45) is 4.11. The predicted octanol–water partition coefficient (Wildman–Crippen LogP) is 5.57. The Morgan fingerprint density at radius 3 is 2.30 bits per heavy atom. The fraction of sp³-hybridized carbons (Fsp3) is 0.115. The van der Waals surface area contributed by atoms with E-state index >= 15 is 0 Å². The summed E-state index contributed by atoms with van der Waals surface area (Å²) in [6.45, 7) is 0.546. The second kappa shape index (κ2) is 10.6. The van der Waals surface area contributed by atoms with Crippen molar-refractivity contribution in [2.24, 2.45) is 0 Å². The summed E-state index contributed by atoms with van der Waals surface area (Å²) in [4.78, 5) is 21.0. The van der Waals surface area contributed by atoms with Gasteiger partial charge in [0.05, 0.1) is 7.11 Å². The van der Waals surface area contributed by atoms with Crippen molar-refractivity contribution in [3.05, 3.63) is 101 Å². The van der Waals surface area contributed by atoms with E-state index < -0.39 is 0 Å². The van der Waals surface area contributed by atoms with Crippen LogP contribution in [0.15, 0.2) is 85.2 Å². The van der Waals surface area contributed by atoms with Crippen molar-refractivity contribution in [2.45, 2.75) is 6.42 Å². The van der Waals surface area contributed by atoms with E-state index in [1.54, 1.807) is 43.8 Å². The summed E-state index contributed by atoms with van der Waals surface area (Å²) < 4.78 is 10.9. The van der Waals surface area contributed by atoms with E-state index in [2.05, 4.69) is 15.3 Å². The van der Waals surface area contributed by atoms with Gasteiger partial charge in [0, 0.05) is 41.2 Å². The molecule has 0 aliphatic rings. The third kappa shape index (κ3) is 6.08. The van der Waals surface area contributed by atoms with Gasteiger partial charge < -0.3 is 14.8 Å². The molecule has 3 aromatic carbocycles. The monoisotopic (exact) mass is 459 g/mol. The van der Waals surface area contributed by atoms with Crippen molar-refractivity contribution in [1.82, 2.24) is 15.3 Å². The standard InChI is InChI=1S/C26H22ClN3O3/c1-32-23-3-2-4-24(15-23)33-26-29-16-21(17-30-26)19-7-9-20(10-8-19)25(31)28-14-13-18-5-11-22(27)12-6-18/h2-12,15-17H,13-14H2,1H3,(H,28,31). The molecule has 4 rings (SSSR count). The number of aromatic nitrogens is 2. The number of rotatable bonds is 8. The first-order valence-electron chi connectivity index (χ1n) is 10.4. The number of nitrogens with zero attached hydrogens (tertiary/aromatic N) is 2. The maximum atomic E-state index is 12.4. The summed E-state index contributed by atoms with van der Waals surface area (Å²) in [6, 6.07) is 22.4. The van der Waals surface area contributed by atoms with Crippen LogP contribution >= 0.6 is 11.6 Å². The molecule has 1 heterocycles. The number of halogens is 1. The van der Waals surface area contributed by atoms with Gasteiger partial charge in [-0.15, -0.1) is 0 Å². The molecule has 1 aromatic heterocycles. The van der Waals surface area contributed by atoms with Crippen molar-refractivity contribution in [1.29, 1.82) is 0 Å². The van der Waals surface area contributed by atoms with Gasteiger partial charge in [-0.25, -0.2) is 9.97 Å². The van der Waals surface area contributed by atoms with Crippen LogP contribution in [0.4, 0.5) is 0 Å². The first kappa shape index (κ1) is 22.3. The molecule has 0 aliphatic heterocycles. The van der Waals surface area contributed by atoms with Crippen molar-refractivity contribution in [3.8, 4) is 28.6 Å². The highest BCUT2D eigenvalue weighted by molar-refractivity contribution is 6.30. The number of methoxy groups -OCH3 is 1. The molecule has 0 radical (unpaired) electrons. The predicted molar refractivity (Wildman–Crippen MR) is 128 cm³/mol. The van der Waals surface area contributed by atoms with E-state index in [0.29, 0.717) is 28.6 Å². The van der Waals surface area contributed by atoms with Crippen LogP contribution in [0.2, 0.25) is 5.02 Å². The minimum atomic E-state index is -0.117. The van der Waals surface area contributed by atoms with Gasteiger partial charge in [-0.3, -0.25) is 4.79 Å². The summed E-state index contributed by atoms with van der Waals surface area (Å²) in [5.41, 5.74) is 3.44. The zero-order chi connectivity index (χ0) is 23.0. The van der Waals surface area contributed by atoms with Gasteiger partial charge in [0.25, 0.3) is 5.91 Å². The first-order chi connectivity index (χ1) is 16.1. The Hall–Kier alpha value is -3.90. The van der Waals surface area contributed by atoms with E-state index in [-0.39, 0.29) is 11.9 Å². The summed E-state index contributed by atoms with van der Waals surface area (Å²) >= 11 is 5.90. The molecular formula is C26H22ClN3O3. The van der Waals surface area contributed by atoms with Gasteiger partial charge in [0.1, 0.15) is 11.5 Å². The largest absolute Gasteiger partial charge is 0.497 e. The van der Waals surface area contributed by atoms with E-state index in [4.69, 9.17) is 21.1 Å². The zero-order valence-corrected chi connectivity index (χ0v) is 18.8. The molecule has 0 unspecified atom stereocenters. The fourth-order valence-corrected chi connectivity index (χ4v) is 3.30. The van der Waals surface area contributed by atoms with Crippen LogP contribution < -0.4 is 14.8 Å². The summed E-state index contributed by atoms with van der Waals surface area (Å²) in [5, 5.41) is 3.64. The Kier molecular flexibility index (Phi) is 7.17. The molecule has 0 saturated carbocycles. The Morgan fingerprint density at radius 2 is 1.61 bits per heavy atom. The molecule has 7 heteroatoms. The van der Waals surface area contributed by atoms with Crippen LogP contribution in [0.3, 0.4) is 0 Å². The molecule has 4 aromatic rings. The van der Waals surface area contributed by atoms with E-state index in [1.165, 1.54) is 0 Å². The lowest BCUT2D eigenvalue weighted by molar-refractivity contribution is 0.0954. The quantitative estimate of drug-likeness (QED) is 0.373. The van der Waals surface area contributed by atoms with Gasteiger partial charge in [-0.05, 0) is 53.9 Å². The second-order valence-corrected chi connectivity index (χ2v) is 7.68. The number of carbonyl (C=O) groups is 1. The molecule has 0 fully saturated rings. The zero-order valence-electron chi connectivity index (χ0n) is 18.0. The van der Waals surface area contributed by atoms with E-state index in [0.717, 1.165) is 23.1 Å². The highest BCUT2D eigenvalue weighted by Crippen LogP contribution is 2.24. The molecule has 0 spiro atoms. The molecule has 0 aliphatic carbocycles. The third-order valence-electron chi connectivity index (χ3n) is 4.97. The smallest absolute Gasteiger partial charge is 0.321 e. The van der Waals surface area contributed by atoms with Crippen molar-refractivity contribution < 1.29 is 14.3 Å². The normalized spacial score (nSPS) is 10.5. The minimum Gasteiger partial charge on any atom is -0.497 e. The number of ether oxygens (including phenoxy) is 2. The third-order valence-corrected chi connectivity index (χ3v) is 5.22. The van der Waals surface area contributed by atoms with Crippen molar-refractivity contribution in [3.63, 3.8) is 0 Å². The fourth-order valence-electron chi connectivity index (χ4n) is 3.18. The molecule has 6 nitrogen and oxygen atoms in total. The summed E-state index contributed by atoms with van der Waals surface area (Å²) in [7, 11) is 1.60. The molecule has 0 saturated heterocycles. The van der Waals surface area contributed by atoms with Crippen LogP contribution in [-0.4, -0.2) is 29.5 Å². The molecule has 1 amide bonds. The Labute approximate surface area is 197 Å². The molecule has 166 valence electrons.